The van der Waals surface area contributed by atoms with Crippen molar-refractivity contribution in [1.29, 1.82) is 0 Å². The van der Waals surface area contributed by atoms with Crippen molar-refractivity contribution in [3.05, 3.63) is 0 Å². The van der Waals surface area contributed by atoms with Crippen LogP contribution in [0.2, 0.25) is 0 Å². The monoisotopic (exact) mass is 211 g/mol. The molecular formula is C6H13O4P2-. The summed E-state index contributed by atoms with van der Waals surface area (Å²) in [6, 6.07) is 0. The van der Waals surface area contributed by atoms with Gasteiger partial charge in [0, 0.05) is 20.9 Å². The van der Waals surface area contributed by atoms with E-state index in [1.165, 1.54) is 6.92 Å². The van der Waals surface area contributed by atoms with Crippen molar-refractivity contribution < 1.29 is 19.5 Å². The van der Waals surface area contributed by atoms with E-state index >= 15 is 0 Å². The van der Waals surface area contributed by atoms with Gasteiger partial charge in [-0.3, -0.25) is 0 Å². The van der Waals surface area contributed by atoms with E-state index in [9.17, 15) is 15.0 Å². The fourth-order valence-electron chi connectivity index (χ4n) is 0.729. The molecule has 72 valence electrons. The standard InChI is InChI=1S/C6H14O4P2/c1-6(9,4-5(7)8)2-3-10-12-11/h9,12H,2-4,11H2,1H3,(H,7,8)/p-1. The zero-order chi connectivity index (χ0) is 9.61. The van der Waals surface area contributed by atoms with E-state index in [1.807, 2.05) is 0 Å². The molecular weight excluding hydrogens is 198 g/mol. The molecule has 0 aliphatic carbocycles. The molecule has 0 spiro atoms. The van der Waals surface area contributed by atoms with Crippen LogP contribution in [0.1, 0.15) is 19.8 Å². The van der Waals surface area contributed by atoms with Gasteiger partial charge in [0.05, 0.1) is 12.2 Å². The second-order valence-corrected chi connectivity index (χ2v) is 3.99. The molecule has 0 aromatic carbocycles. The topological polar surface area (TPSA) is 69.6 Å². The molecule has 0 aromatic rings. The lowest BCUT2D eigenvalue weighted by Gasteiger charge is -2.23. The third-order valence-electron chi connectivity index (χ3n) is 1.35. The van der Waals surface area contributed by atoms with Crippen molar-refractivity contribution in [2.75, 3.05) is 6.61 Å². The Kier molecular flexibility index (Phi) is 5.94. The molecule has 0 rings (SSSR count). The van der Waals surface area contributed by atoms with E-state index in [0.717, 1.165) is 0 Å². The van der Waals surface area contributed by atoms with Gasteiger partial charge in [0.1, 0.15) is 0 Å². The highest BCUT2D eigenvalue weighted by Crippen LogP contribution is 2.23. The quantitative estimate of drug-likeness (QED) is 0.482. The van der Waals surface area contributed by atoms with E-state index in [-0.39, 0.29) is 14.9 Å². The minimum atomic E-state index is -1.24. The summed E-state index contributed by atoms with van der Waals surface area (Å²) in [6.45, 7) is 1.82. The van der Waals surface area contributed by atoms with Crippen molar-refractivity contribution in [3.8, 4) is 0 Å². The van der Waals surface area contributed by atoms with Crippen LogP contribution in [0.15, 0.2) is 0 Å². The van der Waals surface area contributed by atoms with Gasteiger partial charge in [-0.1, -0.05) is 8.93 Å². The lowest BCUT2D eigenvalue weighted by atomic mass is 9.99. The fourth-order valence-corrected chi connectivity index (χ4v) is 1.30. The number of rotatable bonds is 6. The molecule has 6 heteroatoms. The number of carboxylic acids is 1. The predicted octanol–water partition coefficient (Wildman–Crippen LogP) is -0.332. The van der Waals surface area contributed by atoms with Crippen LogP contribution in [-0.4, -0.2) is 23.3 Å². The summed E-state index contributed by atoms with van der Waals surface area (Å²) >= 11 is 0. The van der Waals surface area contributed by atoms with E-state index in [1.54, 1.807) is 0 Å². The second kappa shape index (κ2) is 5.82. The Bertz CT molecular complexity index is 148. The van der Waals surface area contributed by atoms with Crippen LogP contribution in [0.4, 0.5) is 0 Å². The SMILES string of the molecule is CC(O)(CCOPP)CC(=O)[O-]. The van der Waals surface area contributed by atoms with Gasteiger partial charge in [-0.25, -0.2) is 0 Å². The van der Waals surface area contributed by atoms with Crippen LogP contribution < -0.4 is 5.11 Å². The summed E-state index contributed by atoms with van der Waals surface area (Å²) in [6.07, 6.45) is -0.0429. The zero-order valence-corrected chi connectivity index (χ0v) is 9.03. The van der Waals surface area contributed by atoms with Crippen LogP contribution in [0, 0.1) is 0 Å². The Balaban J connectivity index is 3.63. The first kappa shape index (κ1) is 12.2. The lowest BCUT2D eigenvalue weighted by molar-refractivity contribution is -0.309. The maximum absolute atomic E-state index is 10.1. The van der Waals surface area contributed by atoms with Crippen molar-refractivity contribution in [2.24, 2.45) is 0 Å². The summed E-state index contributed by atoms with van der Waals surface area (Å²) < 4.78 is 4.97. The average Bonchev–Trinajstić information content (AvgIpc) is 1.84. The third-order valence-corrected chi connectivity index (χ3v) is 2.22. The van der Waals surface area contributed by atoms with E-state index < -0.39 is 11.6 Å². The van der Waals surface area contributed by atoms with Gasteiger partial charge < -0.3 is 19.5 Å². The summed E-state index contributed by atoms with van der Waals surface area (Å²) in [5.74, 6) is -1.24. The van der Waals surface area contributed by atoms with Crippen LogP contribution in [0.3, 0.4) is 0 Å². The molecule has 0 heterocycles. The Morgan fingerprint density at radius 1 is 1.83 bits per heavy atom. The van der Waals surface area contributed by atoms with Crippen molar-refractivity contribution >= 4 is 23.4 Å². The maximum atomic E-state index is 10.1. The van der Waals surface area contributed by atoms with Crippen molar-refractivity contribution in [3.63, 3.8) is 0 Å². The van der Waals surface area contributed by atoms with E-state index in [0.29, 0.717) is 13.0 Å². The highest BCUT2D eigenvalue weighted by Gasteiger charge is 2.19. The van der Waals surface area contributed by atoms with Crippen LogP contribution in [0.25, 0.3) is 0 Å². The average molecular weight is 211 g/mol. The Hall–Kier alpha value is 0.250. The molecule has 12 heavy (non-hydrogen) atoms. The van der Waals surface area contributed by atoms with Crippen molar-refractivity contribution in [2.45, 2.75) is 25.4 Å². The largest absolute Gasteiger partial charge is 0.550 e. The van der Waals surface area contributed by atoms with Crippen LogP contribution in [-0.2, 0) is 9.32 Å². The van der Waals surface area contributed by atoms with Gasteiger partial charge in [-0.2, -0.15) is 0 Å². The maximum Gasteiger partial charge on any atom is 0.0693 e. The number of carbonyl (C=O) groups excluding carboxylic acids is 1. The third kappa shape index (κ3) is 6.93. The summed E-state index contributed by atoms with van der Waals surface area (Å²) in [5, 5.41) is 19.5. The summed E-state index contributed by atoms with van der Waals surface area (Å²) in [7, 11) is 2.68. The van der Waals surface area contributed by atoms with E-state index in [4.69, 9.17) is 4.52 Å². The molecule has 0 fully saturated rings. The van der Waals surface area contributed by atoms with Crippen LogP contribution in [0.5, 0.6) is 0 Å². The summed E-state index contributed by atoms with van der Waals surface area (Å²) in [4.78, 5) is 10.1. The Morgan fingerprint density at radius 3 is 2.83 bits per heavy atom. The number of hydrogen-bond donors (Lipinski definition) is 1. The minimum Gasteiger partial charge on any atom is -0.550 e. The van der Waals surface area contributed by atoms with Crippen LogP contribution >= 0.6 is 17.4 Å². The Morgan fingerprint density at radius 2 is 2.42 bits per heavy atom. The zero-order valence-electron chi connectivity index (χ0n) is 6.87. The predicted molar refractivity (Wildman–Crippen MR) is 48.8 cm³/mol. The van der Waals surface area contributed by atoms with Gasteiger partial charge >= 0.3 is 0 Å². The molecule has 4 nitrogen and oxygen atoms in total. The summed E-state index contributed by atoms with van der Waals surface area (Å²) in [5.41, 5.74) is -1.22. The molecule has 3 atom stereocenters. The van der Waals surface area contributed by atoms with Gasteiger partial charge in [0.15, 0.2) is 0 Å². The fraction of sp³-hybridized carbons (Fsp3) is 0.833. The molecule has 0 aliphatic rings. The van der Waals surface area contributed by atoms with Gasteiger partial charge in [0.2, 0.25) is 0 Å². The molecule has 0 radical (unpaired) electrons. The minimum absolute atomic E-state index is 0.282. The first-order valence-electron chi connectivity index (χ1n) is 3.47. The number of carboxylic acid groups (broad SMARTS) is 1. The highest BCUT2D eigenvalue weighted by molar-refractivity contribution is 8.00. The number of hydrogen-bond acceptors (Lipinski definition) is 4. The second-order valence-electron chi connectivity index (χ2n) is 2.76. The van der Waals surface area contributed by atoms with E-state index in [2.05, 4.69) is 8.93 Å². The van der Waals surface area contributed by atoms with Gasteiger partial charge in [-0.15, -0.1) is 0 Å². The molecule has 0 amide bonds. The molecule has 0 aromatic heterocycles. The van der Waals surface area contributed by atoms with Gasteiger partial charge in [-0.05, 0) is 13.3 Å². The highest BCUT2D eigenvalue weighted by atomic mass is 32.0. The lowest BCUT2D eigenvalue weighted by Crippen LogP contribution is -2.35. The normalized spacial score (nSPS) is 16.6. The molecule has 3 unspecified atom stereocenters. The number of aliphatic hydroxyl groups is 1. The first-order chi connectivity index (χ1) is 5.48. The molecule has 1 N–H and O–H groups in total. The number of carbonyl (C=O) groups is 1. The molecule has 0 saturated heterocycles. The van der Waals surface area contributed by atoms with Crippen molar-refractivity contribution in [1.82, 2.24) is 0 Å². The molecule has 0 saturated carbocycles. The van der Waals surface area contributed by atoms with Gasteiger partial charge in [0.25, 0.3) is 0 Å². The Labute approximate surface area is 75.7 Å². The smallest absolute Gasteiger partial charge is 0.0693 e. The first-order valence-corrected chi connectivity index (χ1v) is 6.19. The molecule has 0 bridgehead atoms. The number of aliphatic carboxylic acids is 1. The molecule has 0 aliphatic heterocycles.